The van der Waals surface area contributed by atoms with Crippen molar-refractivity contribution in [3.8, 4) is 11.3 Å². The number of hydrogen-bond acceptors (Lipinski definition) is 3. The Morgan fingerprint density at radius 1 is 1.44 bits per heavy atom. The maximum absolute atomic E-state index is 9.31. The summed E-state index contributed by atoms with van der Waals surface area (Å²) >= 11 is 0. The van der Waals surface area contributed by atoms with Gasteiger partial charge in [-0.1, -0.05) is 23.4 Å². The van der Waals surface area contributed by atoms with Gasteiger partial charge in [-0.05, 0) is 13.0 Å². The number of aliphatic hydroxyl groups is 1. The van der Waals surface area contributed by atoms with Gasteiger partial charge in [-0.15, -0.1) is 0 Å². The van der Waals surface area contributed by atoms with Gasteiger partial charge in [0, 0.05) is 11.6 Å². The number of hydrogen-bond donors (Lipinski definition) is 1. The van der Waals surface area contributed by atoms with Crippen molar-refractivity contribution in [1.29, 1.82) is 0 Å². The maximum Gasteiger partial charge on any atom is 0.187 e. The number of aliphatic hydroxyl groups excluding tert-OH is 1. The van der Waals surface area contributed by atoms with Crippen molar-refractivity contribution in [3.63, 3.8) is 0 Å². The van der Waals surface area contributed by atoms with Gasteiger partial charge >= 0.3 is 0 Å². The second kappa shape index (κ2) is 4.17. The van der Waals surface area contributed by atoms with E-state index in [-0.39, 0.29) is 0 Å². The molecule has 1 atom stereocenters. The first-order valence-corrected chi connectivity index (χ1v) is 4.83. The maximum atomic E-state index is 9.31. The zero-order valence-corrected chi connectivity index (χ0v) is 8.71. The van der Waals surface area contributed by atoms with E-state index in [2.05, 4.69) is 10.0 Å². The molecule has 0 radical (unpaired) electrons. The first kappa shape index (κ1) is 10.4. The highest BCUT2D eigenvalue weighted by molar-refractivity contribution is 5.64. The molecule has 1 aromatic carbocycles. The van der Waals surface area contributed by atoms with Crippen molar-refractivity contribution in [2.75, 3.05) is 0 Å². The molecular weight excluding hydrogens is 204 g/mol. The Kier molecular flexibility index (Phi) is 2.71. The molecule has 0 saturated heterocycles. The van der Waals surface area contributed by atoms with Crippen LogP contribution in [0.15, 0.2) is 34.9 Å². The van der Waals surface area contributed by atoms with Crippen LogP contribution >= 0.6 is 0 Å². The molecule has 1 aromatic heterocycles. The van der Waals surface area contributed by atoms with Gasteiger partial charge < -0.3 is 9.63 Å². The SMILES string of the molecule is [C-]#[N+]c1cccc(-c2cc(C(C)O)no2)c1. The summed E-state index contributed by atoms with van der Waals surface area (Å²) in [6.45, 7) is 8.54. The zero-order chi connectivity index (χ0) is 11.5. The molecule has 0 spiro atoms. The predicted molar refractivity (Wildman–Crippen MR) is 58.8 cm³/mol. The average Bonchev–Trinajstić information content (AvgIpc) is 2.78. The second-order valence-electron chi connectivity index (χ2n) is 3.45. The van der Waals surface area contributed by atoms with E-state index in [9.17, 15) is 5.11 Å². The van der Waals surface area contributed by atoms with Gasteiger partial charge in [0.05, 0.1) is 12.7 Å². The van der Waals surface area contributed by atoms with Crippen LogP contribution in [-0.2, 0) is 0 Å². The Morgan fingerprint density at radius 3 is 2.88 bits per heavy atom. The molecule has 1 unspecified atom stereocenters. The summed E-state index contributed by atoms with van der Waals surface area (Å²) in [5.74, 6) is 0.557. The normalized spacial score (nSPS) is 12.1. The van der Waals surface area contributed by atoms with Crippen molar-refractivity contribution in [2.24, 2.45) is 0 Å². The molecule has 16 heavy (non-hydrogen) atoms. The minimum absolute atomic E-state index is 0.489. The molecule has 0 bridgehead atoms. The zero-order valence-electron chi connectivity index (χ0n) is 8.71. The number of nitrogens with zero attached hydrogens (tertiary/aromatic N) is 2. The summed E-state index contributed by atoms with van der Waals surface area (Å²) in [4.78, 5) is 3.34. The standard InChI is InChI=1S/C12H10N2O2/c1-8(15)11-7-12(16-14-11)9-4-3-5-10(6-9)13-2/h3-8,15H,1H3. The second-order valence-corrected chi connectivity index (χ2v) is 3.45. The molecule has 4 heteroatoms. The molecule has 0 aliphatic carbocycles. The quantitative estimate of drug-likeness (QED) is 0.782. The smallest absolute Gasteiger partial charge is 0.187 e. The van der Waals surface area contributed by atoms with Crippen LogP contribution in [0.25, 0.3) is 16.2 Å². The summed E-state index contributed by atoms with van der Waals surface area (Å²) in [7, 11) is 0. The van der Waals surface area contributed by atoms with Gasteiger partial charge in [0.25, 0.3) is 0 Å². The van der Waals surface area contributed by atoms with Crippen molar-refractivity contribution in [3.05, 3.63) is 47.4 Å². The van der Waals surface area contributed by atoms with Crippen LogP contribution in [0.4, 0.5) is 5.69 Å². The van der Waals surface area contributed by atoms with Crippen LogP contribution in [0.5, 0.6) is 0 Å². The molecule has 4 nitrogen and oxygen atoms in total. The third-order valence-corrected chi connectivity index (χ3v) is 2.22. The van der Waals surface area contributed by atoms with E-state index < -0.39 is 6.10 Å². The number of benzene rings is 1. The van der Waals surface area contributed by atoms with Crippen LogP contribution in [0.3, 0.4) is 0 Å². The highest BCUT2D eigenvalue weighted by Gasteiger charge is 2.10. The van der Waals surface area contributed by atoms with E-state index in [1.165, 1.54) is 0 Å². The lowest BCUT2D eigenvalue weighted by molar-refractivity contribution is 0.188. The summed E-state index contributed by atoms with van der Waals surface area (Å²) < 4.78 is 5.10. The van der Waals surface area contributed by atoms with Gasteiger partial charge in [0.1, 0.15) is 5.69 Å². The monoisotopic (exact) mass is 214 g/mol. The Hall–Kier alpha value is -2.12. The highest BCUT2D eigenvalue weighted by atomic mass is 16.5. The fourth-order valence-electron chi connectivity index (χ4n) is 1.35. The summed E-state index contributed by atoms with van der Waals surface area (Å²) in [5.41, 5.74) is 1.82. The van der Waals surface area contributed by atoms with E-state index in [0.29, 0.717) is 17.1 Å². The first-order chi connectivity index (χ1) is 7.70. The topological polar surface area (TPSA) is 50.6 Å². The first-order valence-electron chi connectivity index (χ1n) is 4.83. The van der Waals surface area contributed by atoms with Crippen molar-refractivity contribution in [2.45, 2.75) is 13.0 Å². The number of rotatable bonds is 2. The molecule has 2 aromatic rings. The fourth-order valence-corrected chi connectivity index (χ4v) is 1.35. The van der Waals surface area contributed by atoms with Gasteiger partial charge in [-0.25, -0.2) is 4.85 Å². The molecule has 1 N–H and O–H groups in total. The van der Waals surface area contributed by atoms with Gasteiger partial charge in [-0.3, -0.25) is 0 Å². The Morgan fingerprint density at radius 2 is 2.25 bits per heavy atom. The van der Waals surface area contributed by atoms with Gasteiger partial charge in [0.15, 0.2) is 11.4 Å². The van der Waals surface area contributed by atoms with E-state index in [0.717, 1.165) is 5.56 Å². The van der Waals surface area contributed by atoms with Crippen LogP contribution in [0.1, 0.15) is 18.7 Å². The van der Waals surface area contributed by atoms with Crippen molar-refractivity contribution in [1.82, 2.24) is 5.16 Å². The predicted octanol–water partition coefficient (Wildman–Crippen LogP) is 2.95. The molecule has 0 saturated carbocycles. The lowest BCUT2D eigenvalue weighted by Gasteiger charge is -1.95. The molecule has 0 aliphatic heterocycles. The van der Waals surface area contributed by atoms with Crippen LogP contribution in [0, 0.1) is 6.57 Å². The minimum Gasteiger partial charge on any atom is -0.387 e. The third-order valence-electron chi connectivity index (χ3n) is 2.22. The molecule has 0 amide bonds. The highest BCUT2D eigenvalue weighted by Crippen LogP contribution is 2.26. The molecule has 1 heterocycles. The summed E-state index contributed by atoms with van der Waals surface area (Å²) in [6, 6.07) is 8.74. The number of aromatic nitrogens is 1. The van der Waals surface area contributed by atoms with E-state index >= 15 is 0 Å². The van der Waals surface area contributed by atoms with Gasteiger partial charge in [0.2, 0.25) is 0 Å². The third kappa shape index (κ3) is 1.95. The molecule has 2 rings (SSSR count). The Bertz CT molecular complexity index is 538. The fraction of sp³-hybridized carbons (Fsp3) is 0.167. The van der Waals surface area contributed by atoms with Gasteiger partial charge in [-0.2, -0.15) is 0 Å². The Labute approximate surface area is 92.9 Å². The van der Waals surface area contributed by atoms with Crippen LogP contribution < -0.4 is 0 Å². The van der Waals surface area contributed by atoms with Crippen molar-refractivity contribution >= 4 is 5.69 Å². The Balaban J connectivity index is 2.39. The molecule has 0 aliphatic rings. The molecular formula is C12H10N2O2. The molecule has 80 valence electrons. The van der Waals surface area contributed by atoms with E-state index in [1.807, 2.05) is 6.07 Å². The lowest BCUT2D eigenvalue weighted by Crippen LogP contribution is -1.88. The average molecular weight is 214 g/mol. The van der Waals surface area contributed by atoms with E-state index in [4.69, 9.17) is 11.1 Å². The minimum atomic E-state index is -0.651. The van der Waals surface area contributed by atoms with E-state index in [1.54, 1.807) is 31.2 Å². The summed E-state index contributed by atoms with van der Waals surface area (Å²) in [6.07, 6.45) is -0.651. The van der Waals surface area contributed by atoms with Crippen LogP contribution in [0.2, 0.25) is 0 Å². The van der Waals surface area contributed by atoms with Crippen molar-refractivity contribution < 1.29 is 9.63 Å². The summed E-state index contributed by atoms with van der Waals surface area (Å²) in [5, 5.41) is 13.1. The van der Waals surface area contributed by atoms with Crippen LogP contribution in [-0.4, -0.2) is 10.3 Å². The lowest BCUT2D eigenvalue weighted by atomic mass is 10.1. The molecule has 0 fully saturated rings. The largest absolute Gasteiger partial charge is 0.387 e.